The number of hydrogen-bond donors (Lipinski definition) is 2. The standard InChI is InChI=1S/C10H12N4O3S/c1-10(2,17)9-13-12-6(14(9)3)7-11-5(4-18-7)8(15)16/h4,17H,1-3H3,(H,15,16). The fraction of sp³-hybridized carbons (Fsp3) is 0.400. The second-order valence-electron chi connectivity index (χ2n) is 4.31. The predicted molar refractivity (Wildman–Crippen MR) is 64.3 cm³/mol. The molecule has 0 spiro atoms. The van der Waals surface area contributed by atoms with Gasteiger partial charge in [0.15, 0.2) is 22.4 Å². The summed E-state index contributed by atoms with van der Waals surface area (Å²) in [6.45, 7) is 3.21. The molecule has 0 aliphatic heterocycles. The van der Waals surface area contributed by atoms with Crippen molar-refractivity contribution in [1.29, 1.82) is 0 Å². The van der Waals surface area contributed by atoms with E-state index >= 15 is 0 Å². The number of thiazole rings is 1. The van der Waals surface area contributed by atoms with Gasteiger partial charge in [-0.1, -0.05) is 0 Å². The molecule has 2 aromatic heterocycles. The highest BCUT2D eigenvalue weighted by atomic mass is 32.1. The summed E-state index contributed by atoms with van der Waals surface area (Å²) in [5, 5.41) is 28.4. The Labute approximate surface area is 107 Å². The number of aliphatic hydroxyl groups is 1. The van der Waals surface area contributed by atoms with Gasteiger partial charge in [-0.05, 0) is 13.8 Å². The topological polar surface area (TPSA) is 101 Å². The van der Waals surface area contributed by atoms with Crippen molar-refractivity contribution in [3.63, 3.8) is 0 Å². The first-order valence-corrected chi connectivity index (χ1v) is 6.00. The first-order valence-electron chi connectivity index (χ1n) is 5.12. The smallest absolute Gasteiger partial charge is 0.355 e. The summed E-state index contributed by atoms with van der Waals surface area (Å²) in [6, 6.07) is 0. The molecule has 8 heteroatoms. The van der Waals surface area contributed by atoms with Crippen LogP contribution in [0.15, 0.2) is 5.38 Å². The Morgan fingerprint density at radius 2 is 2.11 bits per heavy atom. The van der Waals surface area contributed by atoms with Crippen molar-refractivity contribution in [3.05, 3.63) is 16.9 Å². The number of aromatic nitrogens is 4. The van der Waals surface area contributed by atoms with Crippen LogP contribution in [0.25, 0.3) is 10.8 Å². The number of rotatable bonds is 3. The zero-order valence-corrected chi connectivity index (χ0v) is 10.9. The Kier molecular flexibility index (Phi) is 2.91. The lowest BCUT2D eigenvalue weighted by atomic mass is 10.1. The van der Waals surface area contributed by atoms with Gasteiger partial charge in [0.25, 0.3) is 0 Å². The Morgan fingerprint density at radius 3 is 2.56 bits per heavy atom. The van der Waals surface area contributed by atoms with E-state index in [0.717, 1.165) is 0 Å². The third kappa shape index (κ3) is 2.12. The Hall–Kier alpha value is -1.80. The summed E-state index contributed by atoms with van der Waals surface area (Å²) in [7, 11) is 1.70. The van der Waals surface area contributed by atoms with E-state index < -0.39 is 11.6 Å². The molecule has 0 saturated heterocycles. The molecule has 2 rings (SSSR count). The van der Waals surface area contributed by atoms with E-state index in [2.05, 4.69) is 15.2 Å². The van der Waals surface area contributed by atoms with Crippen molar-refractivity contribution in [3.8, 4) is 10.8 Å². The molecule has 0 fully saturated rings. The van der Waals surface area contributed by atoms with Gasteiger partial charge >= 0.3 is 5.97 Å². The average molecular weight is 268 g/mol. The average Bonchev–Trinajstić information content (AvgIpc) is 2.81. The number of aromatic carboxylic acids is 1. The van der Waals surface area contributed by atoms with Gasteiger partial charge in [0.2, 0.25) is 0 Å². The molecule has 2 N–H and O–H groups in total. The van der Waals surface area contributed by atoms with Gasteiger partial charge < -0.3 is 14.8 Å². The van der Waals surface area contributed by atoms with E-state index in [1.165, 1.54) is 16.7 Å². The molecular weight excluding hydrogens is 256 g/mol. The van der Waals surface area contributed by atoms with Gasteiger partial charge in [-0.2, -0.15) is 0 Å². The van der Waals surface area contributed by atoms with E-state index in [0.29, 0.717) is 16.7 Å². The first-order chi connectivity index (χ1) is 8.30. The summed E-state index contributed by atoms with van der Waals surface area (Å²) in [4.78, 5) is 14.7. The molecule has 2 aromatic rings. The molecule has 0 radical (unpaired) electrons. The minimum atomic E-state index is -1.12. The molecular formula is C10H12N4O3S. The van der Waals surface area contributed by atoms with E-state index in [4.69, 9.17) is 5.11 Å². The number of nitrogens with zero attached hydrogens (tertiary/aromatic N) is 4. The van der Waals surface area contributed by atoms with Crippen LogP contribution in [-0.4, -0.2) is 35.9 Å². The van der Waals surface area contributed by atoms with Gasteiger partial charge in [0, 0.05) is 12.4 Å². The highest BCUT2D eigenvalue weighted by molar-refractivity contribution is 7.13. The van der Waals surface area contributed by atoms with E-state index in [1.807, 2.05) is 0 Å². The van der Waals surface area contributed by atoms with Crippen LogP contribution in [0.1, 0.15) is 30.2 Å². The van der Waals surface area contributed by atoms with Crippen molar-refractivity contribution in [2.45, 2.75) is 19.4 Å². The van der Waals surface area contributed by atoms with Crippen molar-refractivity contribution in [2.24, 2.45) is 7.05 Å². The van der Waals surface area contributed by atoms with Crippen LogP contribution in [0.5, 0.6) is 0 Å². The van der Waals surface area contributed by atoms with Gasteiger partial charge in [0.05, 0.1) is 0 Å². The fourth-order valence-electron chi connectivity index (χ4n) is 1.52. The second-order valence-corrected chi connectivity index (χ2v) is 5.17. The minimum absolute atomic E-state index is 0.0252. The molecule has 0 amide bonds. The number of hydrogen-bond acceptors (Lipinski definition) is 6. The fourth-order valence-corrected chi connectivity index (χ4v) is 2.33. The largest absolute Gasteiger partial charge is 0.476 e. The summed E-state index contributed by atoms with van der Waals surface area (Å²) < 4.78 is 1.60. The molecule has 96 valence electrons. The van der Waals surface area contributed by atoms with Crippen LogP contribution < -0.4 is 0 Å². The maximum atomic E-state index is 10.8. The number of carbonyl (C=O) groups is 1. The Balaban J connectivity index is 2.46. The maximum Gasteiger partial charge on any atom is 0.355 e. The van der Waals surface area contributed by atoms with E-state index in [1.54, 1.807) is 25.5 Å². The van der Waals surface area contributed by atoms with E-state index in [-0.39, 0.29) is 5.69 Å². The van der Waals surface area contributed by atoms with Crippen LogP contribution in [-0.2, 0) is 12.6 Å². The van der Waals surface area contributed by atoms with Crippen LogP contribution in [0.2, 0.25) is 0 Å². The number of carboxylic acids is 1. The molecule has 0 atom stereocenters. The van der Waals surface area contributed by atoms with Crippen LogP contribution >= 0.6 is 11.3 Å². The maximum absolute atomic E-state index is 10.8. The quantitative estimate of drug-likeness (QED) is 0.856. The Bertz CT molecular complexity index is 597. The molecule has 0 unspecified atom stereocenters. The third-order valence-corrected chi connectivity index (χ3v) is 3.17. The highest BCUT2D eigenvalue weighted by Gasteiger charge is 2.25. The molecule has 18 heavy (non-hydrogen) atoms. The zero-order valence-electron chi connectivity index (χ0n) is 10.1. The Morgan fingerprint density at radius 1 is 1.44 bits per heavy atom. The lowest BCUT2D eigenvalue weighted by Crippen LogP contribution is -2.21. The van der Waals surface area contributed by atoms with Crippen LogP contribution in [0.3, 0.4) is 0 Å². The summed E-state index contributed by atoms with van der Waals surface area (Å²) >= 11 is 1.17. The van der Waals surface area contributed by atoms with Crippen molar-refractivity contribution >= 4 is 17.3 Å². The first kappa shape index (κ1) is 12.7. The van der Waals surface area contributed by atoms with Crippen LogP contribution in [0.4, 0.5) is 0 Å². The van der Waals surface area contributed by atoms with E-state index in [9.17, 15) is 9.90 Å². The van der Waals surface area contributed by atoms with Gasteiger partial charge in [-0.3, -0.25) is 0 Å². The SMILES string of the molecule is Cn1c(-c2nc(C(=O)O)cs2)nnc1C(C)(C)O. The van der Waals surface area contributed by atoms with Crippen molar-refractivity contribution < 1.29 is 15.0 Å². The van der Waals surface area contributed by atoms with Gasteiger partial charge in [-0.25, -0.2) is 9.78 Å². The second kappa shape index (κ2) is 4.14. The van der Waals surface area contributed by atoms with Crippen molar-refractivity contribution in [1.82, 2.24) is 19.7 Å². The monoisotopic (exact) mass is 268 g/mol. The van der Waals surface area contributed by atoms with Crippen molar-refractivity contribution in [2.75, 3.05) is 0 Å². The third-order valence-electron chi connectivity index (χ3n) is 2.34. The summed E-state index contributed by atoms with van der Waals surface area (Å²) in [5.74, 6) is -0.253. The van der Waals surface area contributed by atoms with Gasteiger partial charge in [0.1, 0.15) is 5.60 Å². The number of carboxylic acid groups (broad SMARTS) is 1. The normalized spacial score (nSPS) is 11.8. The summed E-state index contributed by atoms with van der Waals surface area (Å²) in [5.41, 5.74) is -1.14. The lowest BCUT2D eigenvalue weighted by Gasteiger charge is -2.15. The lowest BCUT2D eigenvalue weighted by molar-refractivity contribution is 0.0653. The van der Waals surface area contributed by atoms with Crippen LogP contribution in [0, 0.1) is 0 Å². The summed E-state index contributed by atoms with van der Waals surface area (Å²) in [6.07, 6.45) is 0. The molecule has 0 aliphatic carbocycles. The highest BCUT2D eigenvalue weighted by Crippen LogP contribution is 2.25. The molecule has 0 aromatic carbocycles. The molecule has 0 aliphatic rings. The minimum Gasteiger partial charge on any atom is -0.476 e. The predicted octanol–water partition coefficient (Wildman–Crippen LogP) is 0.864. The zero-order chi connectivity index (χ0) is 13.5. The molecule has 7 nitrogen and oxygen atoms in total. The molecule has 2 heterocycles. The molecule has 0 bridgehead atoms. The molecule has 0 saturated carbocycles. The van der Waals surface area contributed by atoms with Gasteiger partial charge in [-0.15, -0.1) is 21.5 Å².